The zero-order valence-electron chi connectivity index (χ0n) is 31.0. The summed E-state index contributed by atoms with van der Waals surface area (Å²) in [6.07, 6.45) is 0.579. The number of carbonyl (C=O) groups excluding carboxylic acids is 4. The van der Waals surface area contributed by atoms with Crippen molar-refractivity contribution in [2.45, 2.75) is 57.5 Å². The van der Waals surface area contributed by atoms with Crippen LogP contribution in [-0.4, -0.2) is 69.2 Å². The molecule has 2 amide bonds. The molecule has 4 aromatic carbocycles. The molecule has 6 N–H and O–H groups in total. The van der Waals surface area contributed by atoms with Crippen molar-refractivity contribution in [3.8, 4) is 39.8 Å². The number of fused-ring (bicyclic) bond motifs is 5. The van der Waals surface area contributed by atoms with Crippen LogP contribution in [0.3, 0.4) is 0 Å². The number of Topliss-reactive ketones (excluding diaryl/α,β-unsaturated/α-hetero) is 2. The second kappa shape index (κ2) is 18.1. The fraction of sp³-hybridized carbons (Fsp3) is 0.302. The monoisotopic (exact) mass is 778 g/mol. The molecule has 1 aliphatic heterocycles. The van der Waals surface area contributed by atoms with E-state index in [9.17, 15) is 44.6 Å². The van der Waals surface area contributed by atoms with Crippen LogP contribution in [0.15, 0.2) is 78.9 Å². The molecule has 0 spiro atoms. The standard InChI is InChI=1S/C43H43ClN4O8/c1-24-17-38(51)39(30-20-31(23-46)40(52)34(21-30)33-18-25(6-15-36(33)49)19-35(43(55)56)47-41(24)53)48(2)42(54)29(5-3-4-16-45)22-37(50)28-9-7-26(8-10-28)27-11-13-32(44)14-12-27/h6-15,18,20-21,24,29,35,39,49,52H,3-5,16-17,19,22,45H2,1-2H3,(H,47,53)(H,55,56)/t24-,29-,35+,39+/m1/s1. The minimum absolute atomic E-state index is 0.0326. The molecule has 0 fully saturated rings. The van der Waals surface area contributed by atoms with Gasteiger partial charge in [0.05, 0.1) is 5.56 Å². The molecule has 0 radical (unpaired) electrons. The molecule has 0 saturated heterocycles. The number of phenolic OH excluding ortho intramolecular Hbond substituents is 2. The highest BCUT2D eigenvalue weighted by Crippen LogP contribution is 2.41. The molecule has 5 rings (SSSR count). The number of aromatic hydroxyl groups is 2. The molecular formula is C43H43ClN4O8. The molecule has 12 nitrogen and oxygen atoms in total. The first kappa shape index (κ1) is 41.1. The Kier molecular flexibility index (Phi) is 13.3. The van der Waals surface area contributed by atoms with Crippen LogP contribution >= 0.6 is 11.6 Å². The van der Waals surface area contributed by atoms with Crippen molar-refractivity contribution in [1.29, 1.82) is 5.26 Å². The number of carboxylic acids is 1. The van der Waals surface area contributed by atoms with E-state index in [2.05, 4.69) is 5.32 Å². The summed E-state index contributed by atoms with van der Waals surface area (Å²) in [5.41, 5.74) is 8.20. The van der Waals surface area contributed by atoms with Crippen LogP contribution in [0.25, 0.3) is 22.3 Å². The number of aliphatic carboxylic acids is 1. The third-order valence-electron chi connectivity index (χ3n) is 10.1. The van der Waals surface area contributed by atoms with Gasteiger partial charge in [0.15, 0.2) is 11.6 Å². The Hall–Kier alpha value is -6.03. The van der Waals surface area contributed by atoms with E-state index in [4.69, 9.17) is 17.3 Å². The van der Waals surface area contributed by atoms with Gasteiger partial charge in [0, 0.05) is 59.9 Å². The zero-order valence-corrected chi connectivity index (χ0v) is 31.8. The fourth-order valence-corrected chi connectivity index (χ4v) is 7.13. The number of likely N-dealkylation sites (N-methyl/N-ethyl adjacent to an activating group) is 1. The molecule has 1 heterocycles. The molecule has 0 aliphatic carbocycles. The van der Waals surface area contributed by atoms with Crippen molar-refractivity contribution in [2.75, 3.05) is 13.6 Å². The number of halogens is 1. The highest BCUT2D eigenvalue weighted by molar-refractivity contribution is 6.30. The van der Waals surface area contributed by atoms with Gasteiger partial charge in [-0.1, -0.05) is 67.4 Å². The van der Waals surface area contributed by atoms with E-state index in [0.717, 1.165) is 11.1 Å². The van der Waals surface area contributed by atoms with Crippen molar-refractivity contribution in [3.63, 3.8) is 0 Å². The molecule has 0 aromatic heterocycles. The second-order valence-electron chi connectivity index (χ2n) is 14.1. The smallest absolute Gasteiger partial charge is 0.326 e. The number of amides is 2. The molecule has 56 heavy (non-hydrogen) atoms. The van der Waals surface area contributed by atoms with E-state index in [1.807, 2.05) is 18.2 Å². The summed E-state index contributed by atoms with van der Waals surface area (Å²) in [7, 11) is 1.40. The van der Waals surface area contributed by atoms with E-state index in [-0.39, 0.29) is 53.0 Å². The number of nitrogens with zero attached hydrogens (tertiary/aromatic N) is 2. The number of nitriles is 1. The van der Waals surface area contributed by atoms with Gasteiger partial charge in [0.1, 0.15) is 29.7 Å². The number of hydrogen-bond acceptors (Lipinski definition) is 9. The Morgan fingerprint density at radius 3 is 2.23 bits per heavy atom. The van der Waals surface area contributed by atoms with Gasteiger partial charge in [-0.15, -0.1) is 0 Å². The van der Waals surface area contributed by atoms with Crippen molar-refractivity contribution >= 4 is 41.0 Å². The first-order valence-corrected chi connectivity index (χ1v) is 18.6. The Morgan fingerprint density at radius 1 is 0.946 bits per heavy atom. The number of ketones is 2. The first-order valence-electron chi connectivity index (χ1n) is 18.2. The lowest BCUT2D eigenvalue weighted by atomic mass is 9.87. The summed E-state index contributed by atoms with van der Waals surface area (Å²) >= 11 is 6.03. The molecule has 4 bridgehead atoms. The highest BCUT2D eigenvalue weighted by atomic mass is 35.5. The van der Waals surface area contributed by atoms with Crippen molar-refractivity contribution in [1.82, 2.24) is 10.2 Å². The van der Waals surface area contributed by atoms with Crippen molar-refractivity contribution in [3.05, 3.63) is 106 Å². The number of nitrogens with two attached hydrogens (primary N) is 1. The van der Waals surface area contributed by atoms with E-state index >= 15 is 0 Å². The van der Waals surface area contributed by atoms with Crippen molar-refractivity contribution in [2.24, 2.45) is 17.6 Å². The zero-order chi connectivity index (χ0) is 40.7. The molecule has 0 unspecified atom stereocenters. The number of nitrogens with one attached hydrogen (secondary N) is 1. The lowest BCUT2D eigenvalue weighted by Gasteiger charge is -2.32. The minimum Gasteiger partial charge on any atom is -0.507 e. The number of rotatable bonds is 11. The summed E-state index contributed by atoms with van der Waals surface area (Å²) in [4.78, 5) is 69.3. The largest absolute Gasteiger partial charge is 0.507 e. The van der Waals surface area contributed by atoms with Crippen LogP contribution in [0.2, 0.25) is 5.02 Å². The number of phenols is 2. The van der Waals surface area contributed by atoms with Gasteiger partial charge in [-0.05, 0) is 78.0 Å². The maximum Gasteiger partial charge on any atom is 0.326 e. The SMILES string of the molecule is C[C@@H]1CC(=O)[C@@H](N(C)C(=O)[C@H](CCCCN)CC(=O)c2ccc(-c3ccc(Cl)cc3)cc2)c2cc(C#N)c(O)c(c2)-c2cc(ccc2O)C[C@@H](C(=O)O)NC1=O. The number of benzene rings is 4. The Balaban J connectivity index is 1.55. The molecule has 4 atom stereocenters. The fourth-order valence-electron chi connectivity index (χ4n) is 7.01. The van der Waals surface area contributed by atoms with Crippen molar-refractivity contribution < 1.29 is 39.3 Å². The van der Waals surface area contributed by atoms with Crippen LogP contribution < -0.4 is 11.1 Å². The number of carbonyl (C=O) groups is 5. The molecular weight excluding hydrogens is 736 g/mol. The third-order valence-corrected chi connectivity index (χ3v) is 10.4. The lowest BCUT2D eigenvalue weighted by Crippen LogP contribution is -2.45. The predicted octanol–water partition coefficient (Wildman–Crippen LogP) is 6.20. The topological polar surface area (TPSA) is 211 Å². The Labute approximate surface area is 329 Å². The maximum absolute atomic E-state index is 14.5. The number of hydrogen-bond donors (Lipinski definition) is 5. The minimum atomic E-state index is -1.42. The highest BCUT2D eigenvalue weighted by Gasteiger charge is 2.36. The quantitative estimate of drug-likeness (QED) is 0.0860. The van der Waals surface area contributed by atoms with Crippen LogP contribution in [0.5, 0.6) is 11.5 Å². The second-order valence-corrected chi connectivity index (χ2v) is 14.6. The van der Waals surface area contributed by atoms with Gasteiger partial charge < -0.3 is 31.3 Å². The predicted molar refractivity (Wildman–Crippen MR) is 210 cm³/mol. The van der Waals surface area contributed by atoms with Gasteiger partial charge in [0.25, 0.3) is 0 Å². The van der Waals surface area contributed by atoms with Gasteiger partial charge in [-0.25, -0.2) is 4.79 Å². The number of carboxylic acid groups (broad SMARTS) is 1. The van der Waals surface area contributed by atoms with Gasteiger partial charge in [0.2, 0.25) is 11.8 Å². The van der Waals surface area contributed by atoms with Gasteiger partial charge >= 0.3 is 5.97 Å². The van der Waals surface area contributed by atoms with Gasteiger partial charge in [-0.3, -0.25) is 19.2 Å². The average molecular weight is 779 g/mol. The molecule has 4 aromatic rings. The first-order chi connectivity index (χ1) is 26.7. The van der Waals surface area contributed by atoms with Crippen LogP contribution in [0, 0.1) is 23.2 Å². The van der Waals surface area contributed by atoms with Crippen LogP contribution in [-0.2, 0) is 25.6 Å². The summed E-state index contributed by atoms with van der Waals surface area (Å²) < 4.78 is 0. The Bertz CT molecular complexity index is 2180. The normalized spacial score (nSPS) is 17.5. The summed E-state index contributed by atoms with van der Waals surface area (Å²) in [6, 6.07) is 20.2. The van der Waals surface area contributed by atoms with Crippen LogP contribution in [0.4, 0.5) is 0 Å². The molecule has 1 aliphatic rings. The number of unbranched alkanes of at least 4 members (excludes halogenated alkanes) is 1. The summed E-state index contributed by atoms with van der Waals surface area (Å²) in [5, 5.41) is 45.2. The Morgan fingerprint density at radius 2 is 1.61 bits per heavy atom. The third kappa shape index (κ3) is 9.42. The van der Waals surface area contributed by atoms with E-state index in [1.165, 1.54) is 49.2 Å². The molecule has 13 heteroatoms. The van der Waals surface area contributed by atoms with Crippen LogP contribution in [0.1, 0.15) is 72.1 Å². The van der Waals surface area contributed by atoms with E-state index in [1.54, 1.807) is 36.4 Å². The maximum atomic E-state index is 14.5. The van der Waals surface area contributed by atoms with Gasteiger partial charge in [-0.2, -0.15) is 5.26 Å². The lowest BCUT2D eigenvalue weighted by molar-refractivity contribution is -0.144. The average Bonchev–Trinajstić information content (AvgIpc) is 3.18. The molecule has 0 saturated carbocycles. The van der Waals surface area contributed by atoms with E-state index < -0.39 is 59.7 Å². The summed E-state index contributed by atoms with van der Waals surface area (Å²) in [6.45, 7) is 1.83. The summed E-state index contributed by atoms with van der Waals surface area (Å²) in [5.74, 6) is -6.22. The molecule has 290 valence electrons. The van der Waals surface area contributed by atoms with E-state index in [0.29, 0.717) is 35.5 Å².